The third-order valence-electron chi connectivity index (χ3n) is 11.2. The topological polar surface area (TPSA) is 130 Å². The van der Waals surface area contributed by atoms with Gasteiger partial charge in [0.1, 0.15) is 11.3 Å². The maximum Gasteiger partial charge on any atom is 0.258 e. The molecule has 0 spiro atoms. The van der Waals surface area contributed by atoms with Crippen LogP contribution < -0.4 is 14.5 Å². The quantitative estimate of drug-likeness (QED) is 0.107. The number of hydrogen-bond donors (Lipinski definition) is 1. The molecule has 3 fully saturated rings. The number of rotatable bonds is 6. The number of fused-ring (bicyclic) bond motifs is 5. The van der Waals surface area contributed by atoms with Crippen molar-refractivity contribution in [2.75, 3.05) is 16.4 Å². The van der Waals surface area contributed by atoms with E-state index in [0.717, 1.165) is 21.9 Å². The third-order valence-corrected chi connectivity index (χ3v) is 12.6. The Morgan fingerprint density at radius 1 is 0.870 bits per heavy atom. The highest BCUT2D eigenvalue weighted by molar-refractivity contribution is 6.58. The van der Waals surface area contributed by atoms with Gasteiger partial charge in [-0.3, -0.25) is 24.1 Å². The monoisotopic (exact) mass is 765 g/mol. The normalized spacial score (nSPS) is 27.6. The second-order valence-electron chi connectivity index (χ2n) is 13.9. The van der Waals surface area contributed by atoms with Crippen LogP contribution in [0.4, 0.5) is 15.8 Å². The van der Waals surface area contributed by atoms with Crippen molar-refractivity contribution in [1.82, 2.24) is 4.98 Å². The molecule has 3 heterocycles. The van der Waals surface area contributed by atoms with Crippen molar-refractivity contribution in [3.63, 3.8) is 0 Å². The maximum atomic E-state index is 14.6. The molecule has 4 aliphatic rings. The molecule has 4 amide bonds. The molecule has 2 aliphatic heterocycles. The molecule has 1 aromatic heterocycles. The Morgan fingerprint density at radius 3 is 2.30 bits per heavy atom. The van der Waals surface area contributed by atoms with Gasteiger partial charge in [-0.2, -0.15) is 0 Å². The van der Waals surface area contributed by atoms with Crippen molar-refractivity contribution in [2.45, 2.75) is 35.4 Å². The van der Waals surface area contributed by atoms with E-state index in [1.165, 1.54) is 12.1 Å². The van der Waals surface area contributed by atoms with Gasteiger partial charge in [-0.05, 0) is 92.4 Å². The van der Waals surface area contributed by atoms with E-state index in [0.29, 0.717) is 33.8 Å². The van der Waals surface area contributed by atoms with Gasteiger partial charge in [0.15, 0.2) is 26.8 Å². The number of aromatic nitrogens is 1. The average Bonchev–Trinajstić information content (AvgIpc) is 3.76. The summed E-state index contributed by atoms with van der Waals surface area (Å²) in [5.41, 5.74) is 3.04. The minimum atomic E-state index is -2.20. The molecule has 0 unspecified atom stereocenters. The number of hydrogen-bond acceptors (Lipinski definition) is 8. The van der Waals surface area contributed by atoms with E-state index in [9.17, 15) is 28.7 Å². The van der Waals surface area contributed by atoms with Gasteiger partial charge < -0.3 is 14.3 Å². The summed E-state index contributed by atoms with van der Waals surface area (Å²) in [6.45, 7) is 1.97. The van der Waals surface area contributed by atoms with E-state index in [4.69, 9.17) is 32.4 Å². The first-order valence-corrected chi connectivity index (χ1v) is 18.2. The van der Waals surface area contributed by atoms with E-state index in [1.807, 2.05) is 24.3 Å². The Morgan fingerprint density at radius 2 is 1.57 bits per heavy atom. The van der Waals surface area contributed by atoms with Crippen LogP contribution in [0.5, 0.6) is 11.5 Å². The highest BCUT2D eigenvalue weighted by Gasteiger charge is 2.77. The van der Waals surface area contributed by atoms with Crippen LogP contribution in [0.3, 0.4) is 0 Å². The molecular formula is C41H30Cl2FN3O7. The SMILES string of the molecule is CCOc1cccc([C@H]2C3=CC[C@@H]4C(=O)N(c5ccc(-c6nc7ccccc7o6)cc5)C(=O)[C@@H]4[C@@H]3C[C@@]3(Cl)C(=O)N(c4ccc(F)cc4)C(=O)[C@@]23Cl)c1O. The summed E-state index contributed by atoms with van der Waals surface area (Å²) < 4.78 is 25.5. The lowest BCUT2D eigenvalue weighted by molar-refractivity contribution is -0.125. The Hall–Kier alpha value is -5.52. The lowest BCUT2D eigenvalue weighted by Crippen LogP contribution is -2.60. The van der Waals surface area contributed by atoms with Crippen LogP contribution in [0.25, 0.3) is 22.6 Å². The van der Waals surface area contributed by atoms with E-state index in [1.54, 1.807) is 55.5 Å². The number of para-hydroxylation sites is 3. The minimum Gasteiger partial charge on any atom is -0.504 e. The number of carbonyl (C=O) groups is 4. The largest absolute Gasteiger partial charge is 0.504 e. The standard InChI is InChI=1S/C41H30Cl2FN3O7/c1-2-53-31-9-5-6-27(34(31)48)33-25-18-19-26-32(28(25)20-40(42)38(51)47(39(52)41(33,40)43)24-16-12-22(44)13-17-24)37(50)46(36(26)49)23-14-10-21(11-15-23)35-45-29-7-3-4-8-30(29)54-35/h3-18,26,28,32-33,48H,2,19-20H2,1H3/t26-,28+,32-,33+,40+,41-/m0/s1. The first-order chi connectivity index (χ1) is 26.0. The Labute approximate surface area is 317 Å². The molecule has 54 heavy (non-hydrogen) atoms. The second kappa shape index (κ2) is 12.3. The van der Waals surface area contributed by atoms with Crippen LogP contribution in [0.2, 0.25) is 0 Å². The fourth-order valence-electron chi connectivity index (χ4n) is 8.79. The molecule has 13 heteroatoms. The molecule has 2 aliphatic carbocycles. The van der Waals surface area contributed by atoms with Crippen LogP contribution in [-0.4, -0.2) is 50.1 Å². The lowest BCUT2D eigenvalue weighted by atomic mass is 9.56. The first-order valence-electron chi connectivity index (χ1n) is 17.5. The van der Waals surface area contributed by atoms with Crippen molar-refractivity contribution in [2.24, 2.45) is 17.8 Å². The van der Waals surface area contributed by atoms with Crippen molar-refractivity contribution in [3.05, 3.63) is 114 Å². The number of phenols is 1. The maximum absolute atomic E-state index is 14.6. The third kappa shape index (κ3) is 4.67. The van der Waals surface area contributed by atoms with Crippen LogP contribution in [0.15, 0.2) is 107 Å². The van der Waals surface area contributed by atoms with E-state index >= 15 is 0 Å². The molecule has 6 atom stereocenters. The number of aromatic hydroxyl groups is 1. The summed E-state index contributed by atoms with van der Waals surface area (Å²) in [7, 11) is 0. The number of alkyl halides is 2. The molecule has 272 valence electrons. The van der Waals surface area contributed by atoms with Gasteiger partial charge in [0.2, 0.25) is 17.7 Å². The molecular weight excluding hydrogens is 736 g/mol. The summed E-state index contributed by atoms with van der Waals surface area (Å²) in [5.74, 6) is -6.82. The zero-order valence-corrected chi connectivity index (χ0v) is 30.1. The van der Waals surface area contributed by atoms with Gasteiger partial charge in [0.05, 0.1) is 29.8 Å². The van der Waals surface area contributed by atoms with Crippen LogP contribution in [-0.2, 0) is 19.2 Å². The minimum absolute atomic E-state index is 0.0568. The summed E-state index contributed by atoms with van der Waals surface area (Å²) in [6, 6.07) is 23.6. The van der Waals surface area contributed by atoms with Crippen molar-refractivity contribution in [3.8, 4) is 23.0 Å². The molecule has 5 aromatic rings. The number of carbonyl (C=O) groups excluding carboxylic acids is 4. The fraction of sp³-hybridized carbons (Fsp3) is 0.244. The van der Waals surface area contributed by atoms with Crippen LogP contribution in [0, 0.1) is 23.6 Å². The van der Waals surface area contributed by atoms with Crippen molar-refractivity contribution in [1.29, 1.82) is 0 Å². The van der Waals surface area contributed by atoms with Gasteiger partial charge in [-0.1, -0.05) is 35.9 Å². The van der Waals surface area contributed by atoms with Crippen molar-refractivity contribution < 1.29 is 37.8 Å². The molecule has 4 aromatic carbocycles. The van der Waals surface area contributed by atoms with E-state index in [-0.39, 0.29) is 42.2 Å². The number of anilines is 2. The predicted octanol–water partition coefficient (Wildman–Crippen LogP) is 7.51. The number of allylic oxidation sites excluding steroid dienone is 2. The molecule has 0 bridgehead atoms. The number of phenolic OH excluding ortho intramolecular Hbond substituents is 1. The van der Waals surface area contributed by atoms with Gasteiger partial charge in [-0.15, -0.1) is 23.2 Å². The highest BCUT2D eigenvalue weighted by Crippen LogP contribution is 2.67. The van der Waals surface area contributed by atoms with Crippen LogP contribution in [0.1, 0.15) is 31.2 Å². The number of nitrogens with zero attached hydrogens (tertiary/aromatic N) is 3. The van der Waals surface area contributed by atoms with Gasteiger partial charge in [0.25, 0.3) is 11.8 Å². The number of ether oxygens (including phenoxy) is 1. The molecule has 9 rings (SSSR count). The Balaban J connectivity index is 1.13. The number of imide groups is 2. The second-order valence-corrected chi connectivity index (χ2v) is 15.2. The van der Waals surface area contributed by atoms with Gasteiger partial charge >= 0.3 is 0 Å². The first kappa shape index (κ1) is 34.3. The van der Waals surface area contributed by atoms with Gasteiger partial charge in [0, 0.05) is 17.0 Å². The summed E-state index contributed by atoms with van der Waals surface area (Å²) >= 11 is 14.9. The number of halogens is 3. The van der Waals surface area contributed by atoms with Gasteiger partial charge in [-0.25, -0.2) is 14.3 Å². The fourth-order valence-corrected chi connectivity index (χ4v) is 9.72. The molecule has 2 saturated heterocycles. The summed E-state index contributed by atoms with van der Waals surface area (Å²) in [4.78, 5) is 60.0. The summed E-state index contributed by atoms with van der Waals surface area (Å²) in [5, 5.41) is 11.6. The number of oxazole rings is 1. The lowest BCUT2D eigenvalue weighted by Gasteiger charge is -2.50. The summed E-state index contributed by atoms with van der Waals surface area (Å²) in [6.07, 6.45) is 1.65. The van der Waals surface area contributed by atoms with Crippen molar-refractivity contribution >= 4 is 69.3 Å². The highest BCUT2D eigenvalue weighted by atomic mass is 35.5. The van der Waals surface area contributed by atoms with E-state index in [2.05, 4.69) is 4.98 Å². The zero-order valence-electron chi connectivity index (χ0n) is 28.5. The number of benzene rings is 4. The molecule has 0 radical (unpaired) electrons. The zero-order chi connectivity index (χ0) is 37.7. The van der Waals surface area contributed by atoms with Crippen LogP contribution >= 0.6 is 23.2 Å². The van der Waals surface area contributed by atoms with E-state index < -0.39 is 62.9 Å². The molecule has 1 N–H and O–H groups in total. The molecule has 1 saturated carbocycles. The number of amides is 4. The predicted molar refractivity (Wildman–Crippen MR) is 198 cm³/mol. The Kier molecular flexibility index (Phi) is 7.78. The Bertz CT molecular complexity index is 2420. The smallest absolute Gasteiger partial charge is 0.258 e. The average molecular weight is 767 g/mol. The molecule has 10 nitrogen and oxygen atoms in total.